The van der Waals surface area contributed by atoms with Crippen molar-refractivity contribution in [1.82, 2.24) is 4.98 Å². The predicted molar refractivity (Wildman–Crippen MR) is 57.8 cm³/mol. The minimum atomic E-state index is -0.486. The number of aromatic nitrogens is 1. The van der Waals surface area contributed by atoms with E-state index >= 15 is 0 Å². The maximum Gasteiger partial charge on any atom is 0.307 e. The van der Waals surface area contributed by atoms with Crippen LogP contribution in [0.3, 0.4) is 0 Å². The molecule has 0 unspecified atom stereocenters. The molecule has 0 saturated heterocycles. The first kappa shape index (κ1) is 12.2. The van der Waals surface area contributed by atoms with E-state index in [0.29, 0.717) is 10.6 Å². The number of carbonyl (C=O) groups is 1. The molecule has 1 heterocycles. The van der Waals surface area contributed by atoms with Gasteiger partial charge < -0.3 is 10.5 Å². The first-order valence-electron chi connectivity index (χ1n) is 4.18. The molecule has 0 aliphatic heterocycles. The van der Waals surface area contributed by atoms with Crippen LogP contribution in [0.4, 0.5) is 0 Å². The van der Waals surface area contributed by atoms with Gasteiger partial charge in [-0.1, -0.05) is 23.2 Å². The van der Waals surface area contributed by atoms with E-state index in [2.05, 4.69) is 9.72 Å². The summed E-state index contributed by atoms with van der Waals surface area (Å²) in [7, 11) is 1.31. The standard InChI is InChI=1S/C9H10Cl2N2O2/c1-15-8(14)3-7(12)5-2-6(10)9(11)13-4-5/h2,4,7H,3,12H2,1H3/t7-/m0/s1. The van der Waals surface area contributed by atoms with Crippen molar-refractivity contribution >= 4 is 29.2 Å². The molecule has 6 heteroatoms. The Morgan fingerprint density at radius 3 is 2.87 bits per heavy atom. The van der Waals surface area contributed by atoms with Crippen molar-refractivity contribution in [1.29, 1.82) is 0 Å². The van der Waals surface area contributed by atoms with Gasteiger partial charge >= 0.3 is 5.97 Å². The van der Waals surface area contributed by atoms with Gasteiger partial charge in [-0.15, -0.1) is 0 Å². The van der Waals surface area contributed by atoms with Crippen molar-refractivity contribution in [2.45, 2.75) is 12.5 Å². The minimum absolute atomic E-state index is 0.0795. The molecule has 82 valence electrons. The third kappa shape index (κ3) is 3.34. The van der Waals surface area contributed by atoms with Crippen molar-refractivity contribution in [2.24, 2.45) is 5.73 Å². The molecule has 1 aromatic heterocycles. The number of methoxy groups -OCH3 is 1. The second-order valence-electron chi connectivity index (χ2n) is 2.93. The number of nitrogens with two attached hydrogens (primary N) is 1. The van der Waals surface area contributed by atoms with Gasteiger partial charge in [0.1, 0.15) is 5.15 Å². The normalized spacial score (nSPS) is 12.3. The highest BCUT2D eigenvalue weighted by atomic mass is 35.5. The number of hydrogen-bond donors (Lipinski definition) is 1. The smallest absolute Gasteiger partial charge is 0.307 e. The zero-order valence-electron chi connectivity index (χ0n) is 8.04. The van der Waals surface area contributed by atoms with Crippen molar-refractivity contribution in [2.75, 3.05) is 7.11 Å². The van der Waals surface area contributed by atoms with Crippen LogP contribution in [0.2, 0.25) is 10.2 Å². The number of esters is 1. The lowest BCUT2D eigenvalue weighted by Crippen LogP contribution is -2.16. The summed E-state index contributed by atoms with van der Waals surface area (Å²) in [4.78, 5) is 14.8. The van der Waals surface area contributed by atoms with Crippen LogP contribution in [0.5, 0.6) is 0 Å². The van der Waals surface area contributed by atoms with Crippen molar-refractivity contribution in [3.63, 3.8) is 0 Å². The lowest BCUT2D eigenvalue weighted by Gasteiger charge is -2.10. The number of carbonyl (C=O) groups excluding carboxylic acids is 1. The molecule has 0 aliphatic carbocycles. The third-order valence-electron chi connectivity index (χ3n) is 1.86. The Bertz CT molecular complexity index is 371. The van der Waals surface area contributed by atoms with Crippen LogP contribution in [0.15, 0.2) is 12.3 Å². The third-order valence-corrected chi connectivity index (χ3v) is 2.55. The van der Waals surface area contributed by atoms with Crippen molar-refractivity contribution in [3.8, 4) is 0 Å². The Balaban J connectivity index is 2.78. The average molecular weight is 249 g/mol. The van der Waals surface area contributed by atoms with Gasteiger partial charge in [0.2, 0.25) is 0 Å². The van der Waals surface area contributed by atoms with Gasteiger partial charge in [-0.05, 0) is 11.6 Å². The van der Waals surface area contributed by atoms with Crippen LogP contribution in [0.1, 0.15) is 18.0 Å². The Morgan fingerprint density at radius 2 is 2.33 bits per heavy atom. The molecule has 0 amide bonds. The molecule has 0 fully saturated rings. The predicted octanol–water partition coefficient (Wildman–Crippen LogP) is 1.95. The van der Waals surface area contributed by atoms with E-state index in [1.165, 1.54) is 13.3 Å². The molecule has 1 aromatic rings. The molecule has 2 N–H and O–H groups in total. The van der Waals surface area contributed by atoms with E-state index in [4.69, 9.17) is 28.9 Å². The number of nitrogens with zero attached hydrogens (tertiary/aromatic N) is 1. The molecule has 0 aliphatic rings. The molecular weight excluding hydrogens is 239 g/mol. The summed E-state index contributed by atoms with van der Waals surface area (Å²) < 4.78 is 4.50. The molecule has 15 heavy (non-hydrogen) atoms. The van der Waals surface area contributed by atoms with Crippen LogP contribution in [0.25, 0.3) is 0 Å². The largest absolute Gasteiger partial charge is 0.469 e. The van der Waals surface area contributed by atoms with E-state index < -0.39 is 6.04 Å². The van der Waals surface area contributed by atoms with Gasteiger partial charge in [-0.25, -0.2) is 4.98 Å². The molecule has 4 nitrogen and oxygen atoms in total. The SMILES string of the molecule is COC(=O)C[C@H](N)c1cnc(Cl)c(Cl)c1. The van der Waals surface area contributed by atoms with Gasteiger partial charge in [0.05, 0.1) is 18.6 Å². The highest BCUT2D eigenvalue weighted by Crippen LogP contribution is 2.23. The summed E-state index contributed by atoms with van der Waals surface area (Å²) in [5.41, 5.74) is 6.40. The zero-order chi connectivity index (χ0) is 11.4. The molecule has 0 spiro atoms. The van der Waals surface area contributed by atoms with E-state index in [9.17, 15) is 4.79 Å². The summed E-state index contributed by atoms with van der Waals surface area (Å²) in [5, 5.41) is 0.528. The van der Waals surface area contributed by atoms with E-state index in [-0.39, 0.29) is 17.5 Å². The van der Waals surface area contributed by atoms with E-state index in [0.717, 1.165) is 0 Å². The summed E-state index contributed by atoms with van der Waals surface area (Å²) in [5.74, 6) is -0.381. The van der Waals surface area contributed by atoms with Crippen molar-refractivity contribution in [3.05, 3.63) is 28.0 Å². The number of halogens is 2. The highest BCUT2D eigenvalue weighted by molar-refractivity contribution is 6.41. The lowest BCUT2D eigenvalue weighted by molar-refractivity contribution is -0.141. The monoisotopic (exact) mass is 248 g/mol. The number of hydrogen-bond acceptors (Lipinski definition) is 4. The molecule has 1 atom stereocenters. The summed E-state index contributed by atoms with van der Waals surface area (Å²) >= 11 is 11.4. The molecular formula is C9H10Cl2N2O2. The first-order valence-corrected chi connectivity index (χ1v) is 4.93. The van der Waals surface area contributed by atoms with Crippen molar-refractivity contribution < 1.29 is 9.53 Å². The number of rotatable bonds is 3. The Labute approximate surface area is 97.3 Å². The minimum Gasteiger partial charge on any atom is -0.469 e. The number of ether oxygens (including phenoxy) is 1. The van der Waals surface area contributed by atoms with Crippen LogP contribution in [0, 0.1) is 0 Å². The molecule has 0 saturated carbocycles. The molecule has 0 bridgehead atoms. The second-order valence-corrected chi connectivity index (χ2v) is 3.69. The first-order chi connectivity index (χ1) is 7.04. The van der Waals surface area contributed by atoms with E-state index in [1.807, 2.05) is 0 Å². The van der Waals surface area contributed by atoms with Gasteiger partial charge in [-0.3, -0.25) is 4.79 Å². The molecule has 0 aromatic carbocycles. The van der Waals surface area contributed by atoms with Gasteiger partial charge in [0.15, 0.2) is 0 Å². The summed E-state index contributed by atoms with van der Waals surface area (Å²) in [6.45, 7) is 0. The Hall–Kier alpha value is -0.840. The average Bonchev–Trinajstić information content (AvgIpc) is 2.21. The summed E-state index contributed by atoms with van der Waals surface area (Å²) in [6.07, 6.45) is 1.57. The van der Waals surface area contributed by atoms with Crippen LogP contribution in [-0.4, -0.2) is 18.1 Å². The topological polar surface area (TPSA) is 65.2 Å². The zero-order valence-corrected chi connectivity index (χ0v) is 9.55. The van der Waals surface area contributed by atoms with Crippen LogP contribution in [-0.2, 0) is 9.53 Å². The van der Waals surface area contributed by atoms with Crippen LogP contribution >= 0.6 is 23.2 Å². The number of pyridine rings is 1. The second kappa shape index (κ2) is 5.30. The van der Waals surface area contributed by atoms with Gasteiger partial charge in [0.25, 0.3) is 0 Å². The molecule has 1 rings (SSSR count). The highest BCUT2D eigenvalue weighted by Gasteiger charge is 2.13. The lowest BCUT2D eigenvalue weighted by atomic mass is 10.1. The Morgan fingerprint density at radius 1 is 1.67 bits per heavy atom. The maximum absolute atomic E-state index is 11.0. The molecule has 0 radical (unpaired) electrons. The van der Waals surface area contributed by atoms with Gasteiger partial charge in [-0.2, -0.15) is 0 Å². The van der Waals surface area contributed by atoms with Crippen LogP contribution < -0.4 is 5.73 Å². The fraction of sp³-hybridized carbons (Fsp3) is 0.333. The fourth-order valence-electron chi connectivity index (χ4n) is 1.02. The van der Waals surface area contributed by atoms with E-state index in [1.54, 1.807) is 6.07 Å². The maximum atomic E-state index is 11.0. The Kier molecular flexibility index (Phi) is 4.32. The van der Waals surface area contributed by atoms with Gasteiger partial charge in [0, 0.05) is 12.2 Å². The fourth-order valence-corrected chi connectivity index (χ4v) is 1.30. The summed E-state index contributed by atoms with van der Waals surface area (Å²) in [6, 6.07) is 1.10. The quantitative estimate of drug-likeness (QED) is 0.656.